The molecule has 214 valence electrons. The number of nitrogens with zero attached hydrogens (tertiary/aromatic N) is 1. The molecule has 0 unspecified atom stereocenters. The second-order valence-corrected chi connectivity index (χ2v) is 11.6. The second kappa shape index (κ2) is 19.2. The summed E-state index contributed by atoms with van der Waals surface area (Å²) in [5.74, 6) is 0.453. The van der Waals surface area contributed by atoms with Gasteiger partial charge in [0.2, 0.25) is 5.51 Å². The van der Waals surface area contributed by atoms with Crippen LogP contribution in [0.4, 0.5) is 5.69 Å². The molecule has 2 aromatic carbocycles. The van der Waals surface area contributed by atoms with E-state index in [0.29, 0.717) is 29.5 Å². The number of carbonyl (C=O) groups is 1. The monoisotopic (exact) mass is 634 g/mol. The van der Waals surface area contributed by atoms with E-state index in [1.807, 2.05) is 24.3 Å². The minimum Gasteiger partial charge on any atom is -1.00 e. The number of hydrogen-bond donors (Lipinski definition) is 1. The van der Waals surface area contributed by atoms with Crippen molar-refractivity contribution in [2.24, 2.45) is 0 Å². The number of rotatable bonds is 18. The molecule has 0 bridgehead atoms. The second-order valence-electron chi connectivity index (χ2n) is 10.1. The van der Waals surface area contributed by atoms with Crippen LogP contribution in [0.1, 0.15) is 105 Å². The Morgan fingerprint density at radius 3 is 2.18 bits per heavy atom. The molecule has 1 N–H and O–H groups in total. The first kappa shape index (κ1) is 33.3. The first-order valence-electron chi connectivity index (χ1n) is 14.3. The van der Waals surface area contributed by atoms with Crippen LogP contribution < -0.4 is 31.6 Å². The Morgan fingerprint density at radius 2 is 1.56 bits per heavy atom. The summed E-state index contributed by atoms with van der Waals surface area (Å²) in [5.41, 5.74) is 4.46. The highest BCUT2D eigenvalue weighted by Crippen LogP contribution is 2.27. The number of carbonyl (C=O) groups excluding carboxylic acids is 1. The Morgan fingerprint density at radius 1 is 0.923 bits per heavy atom. The Hall–Kier alpha value is -1.89. The van der Waals surface area contributed by atoms with Crippen LogP contribution in [0.15, 0.2) is 54.2 Å². The van der Waals surface area contributed by atoms with Crippen LogP contribution in [0, 0.1) is 6.92 Å². The molecule has 3 aromatic rings. The van der Waals surface area contributed by atoms with Crippen LogP contribution in [-0.2, 0) is 6.54 Å². The summed E-state index contributed by atoms with van der Waals surface area (Å²) < 4.78 is 8.03. The summed E-state index contributed by atoms with van der Waals surface area (Å²) in [6.45, 7) is 5.71. The van der Waals surface area contributed by atoms with Gasteiger partial charge in [0.15, 0.2) is 12.7 Å². The summed E-state index contributed by atoms with van der Waals surface area (Å²) in [5, 5.41) is 3.51. The summed E-state index contributed by atoms with van der Waals surface area (Å²) in [7, 11) is 0. The van der Waals surface area contributed by atoms with Crippen LogP contribution in [-0.4, -0.2) is 12.5 Å². The lowest BCUT2D eigenvalue weighted by molar-refractivity contribution is -0.683. The van der Waals surface area contributed by atoms with E-state index in [-0.39, 0.29) is 22.9 Å². The summed E-state index contributed by atoms with van der Waals surface area (Å²) in [6, 6.07) is 13.2. The molecule has 0 aliphatic rings. The molecule has 1 amide bonds. The molecular weight excluding hydrogens is 592 g/mol. The molecule has 0 fully saturated rings. The van der Waals surface area contributed by atoms with Gasteiger partial charge in [-0.1, -0.05) is 119 Å². The third-order valence-corrected chi connectivity index (χ3v) is 7.94. The predicted octanol–water partition coefficient (Wildman–Crippen LogP) is 6.38. The van der Waals surface area contributed by atoms with Gasteiger partial charge in [-0.25, -0.2) is 0 Å². The number of thiazole rings is 1. The van der Waals surface area contributed by atoms with E-state index >= 15 is 0 Å². The quantitative estimate of drug-likeness (QED) is 0.130. The van der Waals surface area contributed by atoms with E-state index in [1.165, 1.54) is 75.5 Å². The average Bonchev–Trinajstić information content (AvgIpc) is 3.33. The van der Waals surface area contributed by atoms with Crippen LogP contribution >= 0.6 is 22.9 Å². The lowest BCUT2D eigenvalue weighted by atomic mass is 10.1. The molecule has 0 radical (unpaired) electrons. The standard InChI is InChI=1S/C32H43ClN2O2S.BrH/c1-3-4-5-6-7-8-9-10-11-12-13-16-21-37-31-20-19-27(22-29(31)33)32(36)34-30-18-15-14-17-28(30)24-35-23-26(2)38-25-35;/h14-15,17-20,22-23,25H,3-13,16,21,24H2,1-2H3;1H. The first-order chi connectivity index (χ1) is 18.6. The Bertz CT molecular complexity index is 1120. The number of ether oxygens (including phenoxy) is 1. The van der Waals surface area contributed by atoms with E-state index in [1.54, 1.807) is 29.5 Å². The van der Waals surface area contributed by atoms with E-state index in [0.717, 1.165) is 17.7 Å². The van der Waals surface area contributed by atoms with Crippen LogP contribution in [0.3, 0.4) is 0 Å². The molecule has 0 aliphatic heterocycles. The number of anilines is 1. The van der Waals surface area contributed by atoms with Crippen molar-refractivity contribution in [2.75, 3.05) is 11.9 Å². The van der Waals surface area contributed by atoms with Crippen molar-refractivity contribution in [3.63, 3.8) is 0 Å². The number of halogens is 2. The molecule has 3 rings (SSSR count). The van der Waals surface area contributed by atoms with Crippen molar-refractivity contribution in [1.82, 2.24) is 0 Å². The molecular formula is C32H44BrClN2O2S. The fourth-order valence-electron chi connectivity index (χ4n) is 4.58. The molecule has 7 heteroatoms. The number of hydrogen-bond acceptors (Lipinski definition) is 3. The number of nitrogens with one attached hydrogen (secondary N) is 1. The van der Waals surface area contributed by atoms with Gasteiger partial charge in [-0.05, 0) is 37.6 Å². The van der Waals surface area contributed by atoms with E-state index in [9.17, 15) is 4.79 Å². The lowest BCUT2D eigenvalue weighted by Crippen LogP contribution is -3.00. The van der Waals surface area contributed by atoms with E-state index < -0.39 is 0 Å². The highest BCUT2D eigenvalue weighted by molar-refractivity contribution is 7.09. The van der Waals surface area contributed by atoms with Crippen LogP contribution in [0.2, 0.25) is 5.02 Å². The molecule has 0 spiro atoms. The van der Waals surface area contributed by atoms with Gasteiger partial charge in [0.25, 0.3) is 5.91 Å². The summed E-state index contributed by atoms with van der Waals surface area (Å²) in [6.07, 6.45) is 17.9. The summed E-state index contributed by atoms with van der Waals surface area (Å²) >= 11 is 8.17. The molecule has 1 heterocycles. The van der Waals surface area contributed by atoms with Gasteiger partial charge < -0.3 is 27.0 Å². The smallest absolute Gasteiger partial charge is 0.255 e. The minimum absolute atomic E-state index is 0. The average molecular weight is 636 g/mol. The van der Waals surface area contributed by atoms with Gasteiger partial charge in [-0.15, -0.1) is 0 Å². The van der Waals surface area contributed by atoms with Gasteiger partial charge in [-0.3, -0.25) is 4.79 Å². The number of benzene rings is 2. The SMILES string of the molecule is CCCCCCCCCCCCCCOc1ccc(C(=O)Nc2ccccc2C[n+]2csc(C)c2)cc1Cl.[Br-]. The van der Waals surface area contributed by atoms with Gasteiger partial charge in [0.05, 0.1) is 22.2 Å². The third-order valence-electron chi connectivity index (χ3n) is 6.79. The number of aromatic nitrogens is 1. The topological polar surface area (TPSA) is 42.2 Å². The molecule has 0 aliphatic carbocycles. The van der Waals surface area contributed by atoms with Gasteiger partial charge in [0, 0.05) is 11.1 Å². The fraction of sp³-hybridized carbons (Fsp3) is 0.500. The maximum atomic E-state index is 13.0. The maximum Gasteiger partial charge on any atom is 0.255 e. The first-order valence-corrected chi connectivity index (χ1v) is 15.6. The molecule has 39 heavy (non-hydrogen) atoms. The zero-order valence-electron chi connectivity index (χ0n) is 23.5. The highest BCUT2D eigenvalue weighted by Gasteiger charge is 2.14. The Labute approximate surface area is 254 Å². The molecule has 1 aromatic heterocycles. The normalized spacial score (nSPS) is 10.7. The van der Waals surface area contributed by atoms with Crippen molar-refractivity contribution in [3.8, 4) is 5.75 Å². The largest absolute Gasteiger partial charge is 1.00 e. The summed E-state index contributed by atoms with van der Waals surface area (Å²) in [4.78, 5) is 14.2. The minimum atomic E-state index is -0.182. The van der Waals surface area contributed by atoms with Crippen molar-refractivity contribution >= 4 is 34.5 Å². The zero-order valence-corrected chi connectivity index (χ0v) is 26.7. The number of aryl methyl sites for hydroxylation is 1. The van der Waals surface area contributed by atoms with Gasteiger partial charge >= 0.3 is 0 Å². The molecule has 0 saturated carbocycles. The predicted molar refractivity (Wildman–Crippen MR) is 161 cm³/mol. The van der Waals surface area contributed by atoms with Crippen molar-refractivity contribution in [1.29, 1.82) is 0 Å². The number of para-hydroxylation sites is 1. The third kappa shape index (κ3) is 12.4. The van der Waals surface area contributed by atoms with E-state index in [4.69, 9.17) is 16.3 Å². The van der Waals surface area contributed by atoms with E-state index in [2.05, 4.69) is 35.4 Å². The lowest BCUT2D eigenvalue weighted by Gasteiger charge is -2.11. The zero-order chi connectivity index (χ0) is 27.0. The van der Waals surface area contributed by atoms with Gasteiger partial charge in [-0.2, -0.15) is 4.57 Å². The van der Waals surface area contributed by atoms with Crippen LogP contribution in [0.5, 0.6) is 5.75 Å². The fourth-order valence-corrected chi connectivity index (χ4v) is 5.45. The van der Waals surface area contributed by atoms with Crippen molar-refractivity contribution in [2.45, 2.75) is 97.4 Å². The Kier molecular flexibility index (Phi) is 16.4. The van der Waals surface area contributed by atoms with Crippen molar-refractivity contribution < 1.29 is 31.1 Å². The molecule has 0 saturated heterocycles. The highest BCUT2D eigenvalue weighted by atomic mass is 79.9. The van der Waals surface area contributed by atoms with Crippen LogP contribution in [0.25, 0.3) is 0 Å². The Balaban J connectivity index is 0.00000533. The molecule has 4 nitrogen and oxygen atoms in total. The maximum absolute atomic E-state index is 13.0. The molecule has 0 atom stereocenters. The van der Waals surface area contributed by atoms with Crippen molar-refractivity contribution in [3.05, 3.63) is 75.2 Å². The van der Waals surface area contributed by atoms with Gasteiger partial charge in [0.1, 0.15) is 5.75 Å². The number of amides is 1. The number of unbranched alkanes of at least 4 members (excludes halogenated alkanes) is 11.